The van der Waals surface area contributed by atoms with Crippen molar-refractivity contribution in [3.05, 3.63) is 59.5 Å². The van der Waals surface area contributed by atoms with Gasteiger partial charge in [-0.25, -0.2) is 0 Å². The molecule has 1 saturated carbocycles. The minimum Gasteiger partial charge on any atom is -0.464 e. The first-order valence-corrected chi connectivity index (χ1v) is 9.71. The Morgan fingerprint density at radius 2 is 1.82 bits per heavy atom. The van der Waals surface area contributed by atoms with E-state index >= 15 is 0 Å². The quantitative estimate of drug-likeness (QED) is 0.632. The van der Waals surface area contributed by atoms with E-state index < -0.39 is 0 Å². The molecular formula is C22H28N2O4. The first kappa shape index (κ1) is 20.1. The molecule has 1 fully saturated rings. The van der Waals surface area contributed by atoms with Gasteiger partial charge in [0.05, 0.1) is 19.7 Å². The van der Waals surface area contributed by atoms with Crippen molar-refractivity contribution in [1.82, 2.24) is 9.80 Å². The van der Waals surface area contributed by atoms with E-state index in [-0.39, 0.29) is 24.3 Å². The van der Waals surface area contributed by atoms with Crippen molar-refractivity contribution in [3.8, 4) is 0 Å². The lowest BCUT2D eigenvalue weighted by Gasteiger charge is -2.27. The van der Waals surface area contributed by atoms with Gasteiger partial charge in [0.25, 0.3) is 0 Å². The van der Waals surface area contributed by atoms with Crippen molar-refractivity contribution in [3.63, 3.8) is 0 Å². The Labute approximate surface area is 166 Å². The number of aryl methyl sites for hydroxylation is 1. The summed E-state index contributed by atoms with van der Waals surface area (Å²) in [6.07, 6.45) is 1.83. The summed E-state index contributed by atoms with van der Waals surface area (Å²) in [7, 11) is 1.60. The third kappa shape index (κ3) is 5.70. The lowest BCUT2D eigenvalue weighted by Crippen LogP contribution is -2.44. The lowest BCUT2D eigenvalue weighted by molar-refractivity contribution is -0.142. The summed E-state index contributed by atoms with van der Waals surface area (Å²) >= 11 is 0. The van der Waals surface area contributed by atoms with E-state index in [0.29, 0.717) is 26.2 Å². The van der Waals surface area contributed by atoms with Gasteiger partial charge in [0, 0.05) is 26.1 Å². The molecule has 0 N–H and O–H groups in total. The maximum Gasteiger partial charge on any atom is 0.242 e. The number of carbonyl (C=O) groups is 2. The molecule has 28 heavy (non-hydrogen) atoms. The number of benzene rings is 1. The average Bonchev–Trinajstić information content (AvgIpc) is 3.47. The third-order valence-electron chi connectivity index (χ3n) is 4.84. The highest BCUT2D eigenvalue weighted by atomic mass is 16.5. The van der Waals surface area contributed by atoms with E-state index in [0.717, 1.165) is 29.9 Å². The van der Waals surface area contributed by atoms with Crippen molar-refractivity contribution >= 4 is 11.8 Å². The van der Waals surface area contributed by atoms with E-state index in [1.807, 2.05) is 49.4 Å². The molecule has 3 rings (SSSR count). The minimum absolute atomic E-state index is 0.0545. The molecule has 0 atom stereocenters. The maximum atomic E-state index is 13.1. The standard InChI is InChI=1S/C22H28N2O4/c1-17-8-11-20(28-17)15-24(14-18-6-4-3-5-7-18)21(25)16-23(12-13-27-2)22(26)19-9-10-19/h3-8,11,19H,9-10,12-16H2,1-2H3. The summed E-state index contributed by atoms with van der Waals surface area (Å²) in [4.78, 5) is 29.1. The average molecular weight is 384 g/mol. The molecule has 1 aromatic heterocycles. The molecule has 0 bridgehead atoms. The van der Waals surface area contributed by atoms with Gasteiger partial charge < -0.3 is 19.0 Å². The van der Waals surface area contributed by atoms with E-state index in [4.69, 9.17) is 9.15 Å². The van der Waals surface area contributed by atoms with Crippen LogP contribution in [0.15, 0.2) is 46.9 Å². The van der Waals surface area contributed by atoms with Crippen molar-refractivity contribution in [2.75, 3.05) is 26.8 Å². The van der Waals surface area contributed by atoms with Gasteiger partial charge in [-0.1, -0.05) is 30.3 Å². The Kier molecular flexibility index (Phi) is 6.87. The SMILES string of the molecule is COCCN(CC(=O)N(Cc1ccccc1)Cc1ccc(C)o1)C(=O)C1CC1. The van der Waals surface area contributed by atoms with Gasteiger partial charge in [-0.3, -0.25) is 9.59 Å². The molecule has 150 valence electrons. The van der Waals surface area contributed by atoms with Gasteiger partial charge in [0.2, 0.25) is 11.8 Å². The van der Waals surface area contributed by atoms with E-state index in [1.54, 1.807) is 16.9 Å². The number of rotatable bonds is 10. The Hall–Kier alpha value is -2.60. The van der Waals surface area contributed by atoms with E-state index in [2.05, 4.69) is 0 Å². The lowest BCUT2D eigenvalue weighted by atomic mass is 10.2. The fourth-order valence-electron chi connectivity index (χ4n) is 3.11. The van der Waals surface area contributed by atoms with Crippen LogP contribution in [0.5, 0.6) is 0 Å². The van der Waals surface area contributed by atoms with E-state index in [1.165, 1.54) is 0 Å². The van der Waals surface area contributed by atoms with Gasteiger partial charge in [-0.05, 0) is 37.5 Å². The number of hydrogen-bond acceptors (Lipinski definition) is 4. The second kappa shape index (κ2) is 9.55. The molecule has 1 aliphatic carbocycles. The first-order valence-electron chi connectivity index (χ1n) is 9.71. The van der Waals surface area contributed by atoms with Gasteiger partial charge in [-0.15, -0.1) is 0 Å². The maximum absolute atomic E-state index is 13.1. The smallest absolute Gasteiger partial charge is 0.242 e. The van der Waals surface area contributed by atoms with Crippen LogP contribution in [0.3, 0.4) is 0 Å². The number of amides is 2. The fraction of sp³-hybridized carbons (Fsp3) is 0.455. The van der Waals surface area contributed by atoms with Crippen LogP contribution < -0.4 is 0 Å². The Morgan fingerprint density at radius 1 is 1.07 bits per heavy atom. The molecule has 0 saturated heterocycles. The largest absolute Gasteiger partial charge is 0.464 e. The van der Waals surface area contributed by atoms with Gasteiger partial charge >= 0.3 is 0 Å². The molecule has 0 spiro atoms. The molecule has 0 radical (unpaired) electrons. The summed E-state index contributed by atoms with van der Waals surface area (Å²) in [5, 5.41) is 0. The summed E-state index contributed by atoms with van der Waals surface area (Å²) in [6, 6.07) is 13.6. The fourth-order valence-corrected chi connectivity index (χ4v) is 3.11. The predicted molar refractivity (Wildman–Crippen MR) is 105 cm³/mol. The van der Waals surface area contributed by atoms with Crippen molar-refractivity contribution in [2.24, 2.45) is 5.92 Å². The zero-order chi connectivity index (χ0) is 19.9. The van der Waals surface area contributed by atoms with Gasteiger partial charge in [-0.2, -0.15) is 0 Å². The predicted octanol–water partition coefficient (Wildman–Crippen LogP) is 3.00. The molecule has 6 nitrogen and oxygen atoms in total. The third-order valence-corrected chi connectivity index (χ3v) is 4.84. The second-order valence-electron chi connectivity index (χ2n) is 7.27. The molecule has 0 unspecified atom stereocenters. The summed E-state index contributed by atoms with van der Waals surface area (Å²) in [5.41, 5.74) is 1.04. The number of methoxy groups -OCH3 is 1. The topological polar surface area (TPSA) is 63.0 Å². The molecule has 1 aliphatic rings. The summed E-state index contributed by atoms with van der Waals surface area (Å²) < 4.78 is 10.8. The normalized spacial score (nSPS) is 13.4. The van der Waals surface area contributed by atoms with Gasteiger partial charge in [0.15, 0.2) is 0 Å². The molecule has 2 amide bonds. The number of hydrogen-bond donors (Lipinski definition) is 0. The molecule has 2 aromatic rings. The molecule has 1 aromatic carbocycles. The van der Waals surface area contributed by atoms with Crippen LogP contribution in [-0.2, 0) is 27.4 Å². The zero-order valence-corrected chi connectivity index (χ0v) is 16.6. The Bertz CT molecular complexity index is 783. The van der Waals surface area contributed by atoms with Crippen LogP contribution in [0.4, 0.5) is 0 Å². The highest BCUT2D eigenvalue weighted by Gasteiger charge is 2.34. The number of carbonyl (C=O) groups excluding carboxylic acids is 2. The molecule has 1 heterocycles. The molecular weight excluding hydrogens is 356 g/mol. The van der Waals surface area contributed by atoms with Crippen molar-refractivity contribution in [1.29, 1.82) is 0 Å². The van der Waals surface area contributed by atoms with Crippen molar-refractivity contribution in [2.45, 2.75) is 32.9 Å². The van der Waals surface area contributed by atoms with Crippen molar-refractivity contribution < 1.29 is 18.7 Å². The zero-order valence-electron chi connectivity index (χ0n) is 16.6. The Balaban J connectivity index is 1.72. The highest BCUT2D eigenvalue weighted by Crippen LogP contribution is 2.31. The van der Waals surface area contributed by atoms with Crippen LogP contribution in [-0.4, -0.2) is 48.4 Å². The summed E-state index contributed by atoms with van der Waals surface area (Å²) in [5.74, 6) is 1.58. The first-order chi connectivity index (χ1) is 13.6. The summed E-state index contributed by atoms with van der Waals surface area (Å²) in [6.45, 7) is 3.63. The number of nitrogens with zero attached hydrogens (tertiary/aromatic N) is 2. The molecule has 6 heteroatoms. The second-order valence-corrected chi connectivity index (χ2v) is 7.27. The van der Waals surface area contributed by atoms with Gasteiger partial charge in [0.1, 0.15) is 11.5 Å². The Morgan fingerprint density at radius 3 is 2.43 bits per heavy atom. The van der Waals surface area contributed by atoms with Crippen LogP contribution in [0, 0.1) is 12.8 Å². The monoisotopic (exact) mass is 384 g/mol. The molecule has 0 aliphatic heterocycles. The highest BCUT2D eigenvalue weighted by molar-refractivity contribution is 5.87. The van der Waals surface area contributed by atoms with Crippen LogP contribution >= 0.6 is 0 Å². The number of furan rings is 1. The minimum atomic E-state index is -0.0944. The van der Waals surface area contributed by atoms with E-state index in [9.17, 15) is 9.59 Å². The van der Waals surface area contributed by atoms with Crippen LogP contribution in [0.1, 0.15) is 29.9 Å². The number of ether oxygens (including phenoxy) is 1. The van der Waals surface area contributed by atoms with Crippen LogP contribution in [0.2, 0.25) is 0 Å². The van der Waals surface area contributed by atoms with Crippen LogP contribution in [0.25, 0.3) is 0 Å².